The van der Waals surface area contributed by atoms with Crippen molar-refractivity contribution in [3.05, 3.63) is 64.8 Å². The molecule has 0 fully saturated rings. The van der Waals surface area contributed by atoms with Gasteiger partial charge in [0.1, 0.15) is 0 Å². The molecule has 1 aromatic heterocycles. The zero-order chi connectivity index (χ0) is 13.2. The van der Waals surface area contributed by atoms with Crippen LogP contribution in [0.5, 0.6) is 0 Å². The molecule has 0 spiro atoms. The fourth-order valence-corrected chi connectivity index (χ4v) is 2.36. The molecule has 0 saturated carbocycles. The van der Waals surface area contributed by atoms with E-state index < -0.39 is 0 Å². The summed E-state index contributed by atoms with van der Waals surface area (Å²) in [6, 6.07) is 16.0. The standard InChI is InChI=1S/C15H14ClN3/c16-12-7-5-11(6-8-12)10-19-15-4-2-1-3-13(15)14(9-17)18-19/h1-8H,9-10,17H2. The molecule has 4 heteroatoms. The zero-order valence-corrected chi connectivity index (χ0v) is 11.1. The maximum absolute atomic E-state index is 5.90. The summed E-state index contributed by atoms with van der Waals surface area (Å²) in [6.45, 7) is 1.17. The first kappa shape index (κ1) is 12.2. The Kier molecular flexibility index (Phi) is 3.23. The van der Waals surface area contributed by atoms with Crippen LogP contribution in [0.15, 0.2) is 48.5 Å². The van der Waals surface area contributed by atoms with Gasteiger partial charge in [0.05, 0.1) is 17.8 Å². The minimum absolute atomic E-state index is 0.453. The molecule has 0 amide bonds. The van der Waals surface area contributed by atoms with Crippen LogP contribution < -0.4 is 5.73 Å². The molecule has 0 radical (unpaired) electrons. The van der Waals surface area contributed by atoms with Crippen molar-refractivity contribution < 1.29 is 0 Å². The third kappa shape index (κ3) is 2.35. The van der Waals surface area contributed by atoms with Crippen molar-refractivity contribution in [2.75, 3.05) is 0 Å². The van der Waals surface area contributed by atoms with Crippen molar-refractivity contribution in [1.82, 2.24) is 9.78 Å². The van der Waals surface area contributed by atoms with Gasteiger partial charge in [-0.25, -0.2) is 0 Å². The van der Waals surface area contributed by atoms with Gasteiger partial charge in [-0.05, 0) is 23.8 Å². The van der Waals surface area contributed by atoms with Crippen LogP contribution in [0.1, 0.15) is 11.3 Å². The molecule has 0 atom stereocenters. The summed E-state index contributed by atoms with van der Waals surface area (Å²) < 4.78 is 1.99. The molecule has 0 unspecified atom stereocenters. The summed E-state index contributed by atoms with van der Waals surface area (Å²) in [6.07, 6.45) is 0. The number of aromatic nitrogens is 2. The number of fused-ring (bicyclic) bond motifs is 1. The first-order valence-electron chi connectivity index (χ1n) is 6.17. The van der Waals surface area contributed by atoms with Crippen molar-refractivity contribution >= 4 is 22.5 Å². The summed E-state index contributed by atoms with van der Waals surface area (Å²) in [7, 11) is 0. The molecular formula is C15H14ClN3. The van der Waals surface area contributed by atoms with E-state index in [0.29, 0.717) is 6.54 Å². The van der Waals surface area contributed by atoms with E-state index in [2.05, 4.69) is 17.2 Å². The van der Waals surface area contributed by atoms with Crippen LogP contribution in [0, 0.1) is 0 Å². The number of hydrogen-bond donors (Lipinski definition) is 1. The summed E-state index contributed by atoms with van der Waals surface area (Å²) in [4.78, 5) is 0. The molecular weight excluding hydrogens is 258 g/mol. The third-order valence-electron chi connectivity index (χ3n) is 3.17. The number of nitrogens with two attached hydrogens (primary N) is 1. The van der Waals surface area contributed by atoms with E-state index in [0.717, 1.165) is 28.2 Å². The number of para-hydroxylation sites is 1. The second-order valence-corrected chi connectivity index (χ2v) is 4.89. The number of halogens is 1. The Hall–Kier alpha value is -1.84. The molecule has 0 saturated heterocycles. The molecule has 3 rings (SSSR count). The second kappa shape index (κ2) is 5.03. The predicted octanol–water partition coefficient (Wildman–Crippen LogP) is 3.20. The van der Waals surface area contributed by atoms with Crippen LogP contribution >= 0.6 is 11.6 Å². The highest BCUT2D eigenvalue weighted by Crippen LogP contribution is 2.19. The first-order chi connectivity index (χ1) is 9.28. The molecule has 0 aliphatic carbocycles. The first-order valence-corrected chi connectivity index (χ1v) is 6.54. The van der Waals surface area contributed by atoms with E-state index in [1.807, 2.05) is 41.1 Å². The number of rotatable bonds is 3. The third-order valence-corrected chi connectivity index (χ3v) is 3.43. The van der Waals surface area contributed by atoms with Gasteiger partial charge in [0, 0.05) is 17.0 Å². The molecule has 2 aromatic carbocycles. The Bertz CT molecular complexity index is 701. The Balaban J connectivity index is 2.03. The average Bonchev–Trinajstić information content (AvgIpc) is 2.80. The molecule has 1 heterocycles. The predicted molar refractivity (Wildman–Crippen MR) is 78.2 cm³/mol. The zero-order valence-electron chi connectivity index (χ0n) is 10.4. The van der Waals surface area contributed by atoms with E-state index >= 15 is 0 Å². The Labute approximate surface area is 116 Å². The minimum Gasteiger partial charge on any atom is -0.325 e. The lowest BCUT2D eigenvalue weighted by Crippen LogP contribution is -2.03. The van der Waals surface area contributed by atoms with Gasteiger partial charge < -0.3 is 5.73 Å². The maximum Gasteiger partial charge on any atom is 0.0839 e. The molecule has 3 nitrogen and oxygen atoms in total. The maximum atomic E-state index is 5.90. The largest absolute Gasteiger partial charge is 0.325 e. The molecule has 0 aliphatic heterocycles. The molecule has 19 heavy (non-hydrogen) atoms. The number of benzene rings is 2. The highest BCUT2D eigenvalue weighted by Gasteiger charge is 2.08. The van der Waals surface area contributed by atoms with E-state index in [4.69, 9.17) is 17.3 Å². The van der Waals surface area contributed by atoms with E-state index in [1.165, 1.54) is 5.56 Å². The van der Waals surface area contributed by atoms with Gasteiger partial charge in [0.25, 0.3) is 0 Å². The van der Waals surface area contributed by atoms with Crippen molar-refractivity contribution in [3.63, 3.8) is 0 Å². The topological polar surface area (TPSA) is 43.8 Å². The molecule has 96 valence electrons. The molecule has 2 N–H and O–H groups in total. The lowest BCUT2D eigenvalue weighted by molar-refractivity contribution is 0.694. The number of nitrogens with zero attached hydrogens (tertiary/aromatic N) is 2. The lowest BCUT2D eigenvalue weighted by atomic mass is 10.2. The summed E-state index contributed by atoms with van der Waals surface area (Å²) in [5.74, 6) is 0. The van der Waals surface area contributed by atoms with Crippen molar-refractivity contribution in [1.29, 1.82) is 0 Å². The Morgan fingerprint density at radius 3 is 2.53 bits per heavy atom. The fourth-order valence-electron chi connectivity index (χ4n) is 2.23. The van der Waals surface area contributed by atoms with Gasteiger partial charge in [0.15, 0.2) is 0 Å². The van der Waals surface area contributed by atoms with Crippen LogP contribution in [0.2, 0.25) is 5.02 Å². The summed E-state index contributed by atoms with van der Waals surface area (Å²) in [5, 5.41) is 6.46. The van der Waals surface area contributed by atoms with Gasteiger partial charge in [-0.1, -0.05) is 41.9 Å². The highest BCUT2D eigenvalue weighted by molar-refractivity contribution is 6.30. The van der Waals surface area contributed by atoms with Gasteiger partial charge >= 0.3 is 0 Å². The quantitative estimate of drug-likeness (QED) is 0.795. The minimum atomic E-state index is 0.453. The van der Waals surface area contributed by atoms with Crippen molar-refractivity contribution in [2.45, 2.75) is 13.1 Å². The monoisotopic (exact) mass is 271 g/mol. The fraction of sp³-hybridized carbons (Fsp3) is 0.133. The van der Waals surface area contributed by atoms with Crippen LogP contribution in [0.3, 0.4) is 0 Å². The smallest absolute Gasteiger partial charge is 0.0839 e. The van der Waals surface area contributed by atoms with Gasteiger partial charge in [-0.2, -0.15) is 5.10 Å². The molecule has 3 aromatic rings. The van der Waals surface area contributed by atoms with Crippen LogP contribution in [-0.4, -0.2) is 9.78 Å². The summed E-state index contributed by atoms with van der Waals surface area (Å²) >= 11 is 5.90. The SMILES string of the molecule is NCc1nn(Cc2ccc(Cl)cc2)c2ccccc12. The molecule has 0 bridgehead atoms. The van der Waals surface area contributed by atoms with E-state index in [1.54, 1.807) is 0 Å². The van der Waals surface area contributed by atoms with E-state index in [9.17, 15) is 0 Å². The van der Waals surface area contributed by atoms with Crippen molar-refractivity contribution in [2.24, 2.45) is 5.73 Å². The van der Waals surface area contributed by atoms with Crippen LogP contribution in [-0.2, 0) is 13.1 Å². The lowest BCUT2D eigenvalue weighted by Gasteiger charge is -2.04. The normalized spacial score (nSPS) is 11.1. The van der Waals surface area contributed by atoms with Crippen molar-refractivity contribution in [3.8, 4) is 0 Å². The van der Waals surface area contributed by atoms with Gasteiger partial charge in [0.2, 0.25) is 0 Å². The Morgan fingerprint density at radius 1 is 1.05 bits per heavy atom. The van der Waals surface area contributed by atoms with Crippen LogP contribution in [0.25, 0.3) is 10.9 Å². The molecule has 0 aliphatic rings. The van der Waals surface area contributed by atoms with Crippen LogP contribution in [0.4, 0.5) is 0 Å². The Morgan fingerprint density at radius 2 is 1.79 bits per heavy atom. The number of hydrogen-bond acceptors (Lipinski definition) is 2. The van der Waals surface area contributed by atoms with E-state index in [-0.39, 0.29) is 0 Å². The average molecular weight is 272 g/mol. The highest BCUT2D eigenvalue weighted by atomic mass is 35.5. The van der Waals surface area contributed by atoms with Gasteiger partial charge in [-0.15, -0.1) is 0 Å². The van der Waals surface area contributed by atoms with Gasteiger partial charge in [-0.3, -0.25) is 4.68 Å². The second-order valence-electron chi connectivity index (χ2n) is 4.45. The summed E-state index contributed by atoms with van der Waals surface area (Å²) in [5.41, 5.74) is 8.96.